The number of nitrogens with two attached hydrogens (primary N) is 1. The molecule has 3 N–H and O–H groups in total. The average Bonchev–Trinajstić information content (AvgIpc) is 3.04. The Bertz CT molecular complexity index is 1250. The van der Waals surface area contributed by atoms with Gasteiger partial charge in [-0.25, -0.2) is 8.42 Å². The number of anilines is 1. The van der Waals surface area contributed by atoms with Crippen LogP contribution in [0.5, 0.6) is 0 Å². The summed E-state index contributed by atoms with van der Waals surface area (Å²) in [7, 11) is -3.57. The van der Waals surface area contributed by atoms with Crippen molar-refractivity contribution in [3.63, 3.8) is 0 Å². The van der Waals surface area contributed by atoms with Crippen molar-refractivity contribution in [1.82, 2.24) is 19.8 Å². The molecule has 4 rings (SSSR count). The first-order valence-electron chi connectivity index (χ1n) is 9.64. The second kappa shape index (κ2) is 7.60. The lowest BCUT2D eigenvalue weighted by Gasteiger charge is -2.38. The highest BCUT2D eigenvalue weighted by Gasteiger charge is 2.38. The zero-order valence-corrected chi connectivity index (χ0v) is 18.6. The number of nitrogens with zero attached hydrogens (tertiary/aromatic N) is 3. The zero-order chi connectivity index (χ0) is 21.6. The maximum absolute atomic E-state index is 12.8. The third kappa shape index (κ3) is 3.44. The summed E-state index contributed by atoms with van der Waals surface area (Å²) in [6.45, 7) is 6.19. The van der Waals surface area contributed by atoms with E-state index >= 15 is 0 Å². The van der Waals surface area contributed by atoms with Gasteiger partial charge in [0.15, 0.2) is 0 Å². The van der Waals surface area contributed by atoms with Crippen molar-refractivity contribution in [2.75, 3.05) is 18.8 Å². The number of aryl methyl sites for hydroxylation is 3. The van der Waals surface area contributed by atoms with Crippen LogP contribution in [0.25, 0.3) is 10.2 Å². The van der Waals surface area contributed by atoms with Crippen molar-refractivity contribution in [2.24, 2.45) is 0 Å². The highest BCUT2D eigenvalue weighted by Crippen LogP contribution is 2.35. The Morgan fingerprint density at radius 3 is 2.73 bits per heavy atom. The molecule has 158 valence electrons. The first-order valence-corrected chi connectivity index (χ1v) is 11.9. The summed E-state index contributed by atoms with van der Waals surface area (Å²) >= 11 is 1.20. The molecule has 0 unspecified atom stereocenters. The quantitative estimate of drug-likeness (QED) is 0.622. The number of benzene rings is 1. The maximum Gasteiger partial charge on any atom is 0.263 e. The minimum Gasteiger partial charge on any atom is -0.397 e. The van der Waals surface area contributed by atoms with Gasteiger partial charge in [-0.3, -0.25) is 4.79 Å². The van der Waals surface area contributed by atoms with Crippen molar-refractivity contribution in [3.8, 4) is 0 Å². The molecule has 1 amide bonds. The summed E-state index contributed by atoms with van der Waals surface area (Å²) in [5.41, 5.74) is 9.25. The minimum atomic E-state index is -3.57. The summed E-state index contributed by atoms with van der Waals surface area (Å²) in [6.07, 6.45) is 0.766. The van der Waals surface area contributed by atoms with E-state index in [1.165, 1.54) is 15.6 Å². The second-order valence-electron chi connectivity index (χ2n) is 7.43. The lowest BCUT2D eigenvalue weighted by molar-refractivity contribution is 0.0900. The van der Waals surface area contributed by atoms with E-state index in [0.717, 1.165) is 28.6 Å². The van der Waals surface area contributed by atoms with Crippen molar-refractivity contribution in [1.29, 1.82) is 0 Å². The average molecular weight is 446 g/mol. The first kappa shape index (κ1) is 20.7. The molecule has 1 aliphatic rings. The number of rotatable bonds is 5. The maximum atomic E-state index is 12.8. The molecule has 0 bridgehead atoms. The summed E-state index contributed by atoms with van der Waals surface area (Å²) in [5.74, 6) is -0.317. The lowest BCUT2D eigenvalue weighted by Crippen LogP contribution is -2.60. The van der Waals surface area contributed by atoms with Gasteiger partial charge >= 0.3 is 0 Å². The molecular formula is C20H23N5O3S2. The van der Waals surface area contributed by atoms with Crippen molar-refractivity contribution >= 4 is 43.2 Å². The Labute approximate surface area is 179 Å². The van der Waals surface area contributed by atoms with Crippen LogP contribution >= 0.6 is 11.3 Å². The van der Waals surface area contributed by atoms with E-state index in [9.17, 15) is 13.2 Å². The van der Waals surface area contributed by atoms with Crippen LogP contribution in [0.3, 0.4) is 0 Å². The molecule has 0 spiro atoms. The molecule has 2 aromatic heterocycles. The highest BCUT2D eigenvalue weighted by molar-refractivity contribution is 7.89. The SMILES string of the molecule is CCc1cccc(S(=O)(=O)N2CC(NC(=O)c3sc4nnc(C)c(C)c4c3N)C2)c1. The van der Waals surface area contributed by atoms with Gasteiger partial charge in [0.05, 0.1) is 22.3 Å². The molecule has 0 saturated carbocycles. The van der Waals surface area contributed by atoms with Crippen LogP contribution in [0.2, 0.25) is 0 Å². The number of sulfonamides is 1. The number of amides is 1. The third-order valence-corrected chi connectivity index (χ3v) is 8.39. The third-order valence-electron chi connectivity index (χ3n) is 5.47. The number of hydrogen-bond acceptors (Lipinski definition) is 7. The van der Waals surface area contributed by atoms with E-state index in [0.29, 0.717) is 15.4 Å². The van der Waals surface area contributed by atoms with Gasteiger partial charge in [0, 0.05) is 18.5 Å². The molecule has 0 aliphatic carbocycles. The molecule has 1 aromatic carbocycles. The van der Waals surface area contributed by atoms with Gasteiger partial charge in [0.1, 0.15) is 9.71 Å². The summed E-state index contributed by atoms with van der Waals surface area (Å²) in [6, 6.07) is 6.69. The molecule has 3 heterocycles. The van der Waals surface area contributed by atoms with Crippen LogP contribution < -0.4 is 11.1 Å². The molecule has 10 heteroatoms. The number of hydrogen-bond donors (Lipinski definition) is 2. The lowest BCUT2D eigenvalue weighted by atomic mass is 10.1. The van der Waals surface area contributed by atoms with Crippen LogP contribution in [0.4, 0.5) is 5.69 Å². The van der Waals surface area contributed by atoms with Crippen molar-refractivity contribution < 1.29 is 13.2 Å². The van der Waals surface area contributed by atoms with E-state index in [-0.39, 0.29) is 29.9 Å². The molecule has 8 nitrogen and oxygen atoms in total. The molecule has 0 radical (unpaired) electrons. The van der Waals surface area contributed by atoms with Gasteiger partial charge in [0.2, 0.25) is 10.0 Å². The number of nitrogen functional groups attached to an aromatic ring is 1. The fraction of sp³-hybridized carbons (Fsp3) is 0.350. The summed E-state index contributed by atoms with van der Waals surface area (Å²) in [5, 5.41) is 11.9. The van der Waals surface area contributed by atoms with Gasteiger partial charge in [0.25, 0.3) is 5.91 Å². The molecule has 1 saturated heterocycles. The van der Waals surface area contributed by atoms with E-state index in [1.807, 2.05) is 26.8 Å². The monoisotopic (exact) mass is 445 g/mol. The predicted octanol–water partition coefficient (Wildman–Crippen LogP) is 2.26. The molecule has 3 aromatic rings. The van der Waals surface area contributed by atoms with Gasteiger partial charge in [-0.1, -0.05) is 19.1 Å². The van der Waals surface area contributed by atoms with E-state index in [2.05, 4.69) is 15.5 Å². The molecule has 1 fully saturated rings. The molecule has 30 heavy (non-hydrogen) atoms. The molecule has 0 atom stereocenters. The van der Waals surface area contributed by atoms with E-state index in [1.54, 1.807) is 18.2 Å². The normalized spacial score (nSPS) is 15.3. The highest BCUT2D eigenvalue weighted by atomic mass is 32.2. The van der Waals surface area contributed by atoms with Crippen LogP contribution in [-0.4, -0.2) is 48.0 Å². The number of thiophene rings is 1. The number of aromatic nitrogens is 2. The summed E-state index contributed by atoms with van der Waals surface area (Å²) < 4.78 is 27.0. The number of carbonyl (C=O) groups is 1. The molecular weight excluding hydrogens is 422 g/mol. The Morgan fingerprint density at radius 1 is 1.30 bits per heavy atom. The van der Waals surface area contributed by atoms with E-state index in [4.69, 9.17) is 5.73 Å². The second-order valence-corrected chi connectivity index (χ2v) is 10.4. The number of carbonyl (C=O) groups excluding carboxylic acids is 1. The zero-order valence-electron chi connectivity index (χ0n) is 17.0. The Morgan fingerprint density at radius 2 is 2.03 bits per heavy atom. The fourth-order valence-electron chi connectivity index (χ4n) is 3.46. The first-order chi connectivity index (χ1) is 14.2. The van der Waals surface area contributed by atoms with Crippen LogP contribution in [-0.2, 0) is 16.4 Å². The predicted molar refractivity (Wildman–Crippen MR) is 117 cm³/mol. The smallest absolute Gasteiger partial charge is 0.263 e. The Hall–Kier alpha value is -2.56. The molecule has 1 aliphatic heterocycles. The van der Waals surface area contributed by atoms with Gasteiger partial charge in [-0.15, -0.1) is 16.4 Å². The Kier molecular flexibility index (Phi) is 5.25. The van der Waals surface area contributed by atoms with E-state index < -0.39 is 10.0 Å². The topological polar surface area (TPSA) is 118 Å². The van der Waals surface area contributed by atoms with Crippen LogP contribution in [0.15, 0.2) is 29.2 Å². The number of fused-ring (bicyclic) bond motifs is 1. The van der Waals surface area contributed by atoms with Gasteiger partial charge in [-0.2, -0.15) is 9.40 Å². The van der Waals surface area contributed by atoms with Crippen molar-refractivity contribution in [3.05, 3.63) is 46.0 Å². The minimum absolute atomic E-state index is 0.229. The van der Waals surface area contributed by atoms with Gasteiger partial charge in [-0.05, 0) is 43.5 Å². The summed E-state index contributed by atoms with van der Waals surface area (Å²) in [4.78, 5) is 14.0. The number of nitrogens with one attached hydrogen (secondary N) is 1. The Balaban J connectivity index is 1.46. The standard InChI is InChI=1S/C20H23N5O3S2/c1-4-13-6-5-7-15(8-13)30(27,28)25-9-14(10-25)22-19(26)18-17(21)16-11(2)12(3)23-24-20(16)29-18/h5-8,14H,4,9-10,21H2,1-3H3,(H,22,26). The van der Waals surface area contributed by atoms with Crippen molar-refractivity contribution in [2.45, 2.75) is 38.1 Å². The van der Waals surface area contributed by atoms with Crippen LogP contribution in [0.1, 0.15) is 33.4 Å². The largest absolute Gasteiger partial charge is 0.397 e. The fourth-order valence-corrected chi connectivity index (χ4v) is 6.07. The van der Waals surface area contributed by atoms with Crippen LogP contribution in [0, 0.1) is 13.8 Å². The van der Waals surface area contributed by atoms with Gasteiger partial charge < -0.3 is 11.1 Å².